The fourth-order valence-corrected chi connectivity index (χ4v) is 3.33. The Kier molecular flexibility index (Phi) is 4.28. The molecule has 1 aliphatic heterocycles. The molecule has 3 rings (SSSR count). The van der Waals surface area contributed by atoms with Gasteiger partial charge in [0.1, 0.15) is 5.75 Å². The molecule has 2 aromatic carbocycles. The third-order valence-corrected chi connectivity index (χ3v) is 4.43. The second-order valence-corrected chi connectivity index (χ2v) is 6.13. The van der Waals surface area contributed by atoms with Crippen LogP contribution < -0.4 is 0 Å². The molecule has 0 aliphatic carbocycles. The van der Waals surface area contributed by atoms with E-state index in [1.165, 1.54) is 11.9 Å². The summed E-state index contributed by atoms with van der Waals surface area (Å²) in [7, 11) is 0. The van der Waals surface area contributed by atoms with Crippen molar-refractivity contribution in [1.29, 1.82) is 0 Å². The van der Waals surface area contributed by atoms with Crippen LogP contribution in [0, 0.1) is 0 Å². The second-order valence-electron chi connectivity index (χ2n) is 5.31. The fraction of sp³-hybridized carbons (Fsp3) is 0.176. The van der Waals surface area contributed by atoms with Crippen molar-refractivity contribution in [3.8, 4) is 5.75 Å². The van der Waals surface area contributed by atoms with Crippen LogP contribution in [0.1, 0.15) is 30.5 Å². The molecule has 0 saturated carbocycles. The minimum atomic E-state index is -0.336. The number of nitrogens with zero attached hydrogens (tertiary/aromatic N) is 2. The summed E-state index contributed by atoms with van der Waals surface area (Å²) < 4.78 is 0. The quantitative estimate of drug-likeness (QED) is 0.874. The first kappa shape index (κ1) is 15.8. The summed E-state index contributed by atoms with van der Waals surface area (Å²) in [6, 6.07) is 11.6. The topological polar surface area (TPSA) is 52.9 Å². The van der Waals surface area contributed by atoms with Gasteiger partial charge in [-0.3, -0.25) is 4.79 Å². The number of carbonyl (C=O) groups is 1. The minimum absolute atomic E-state index is 0.181. The van der Waals surface area contributed by atoms with E-state index in [4.69, 9.17) is 23.2 Å². The molecule has 2 aromatic rings. The van der Waals surface area contributed by atoms with E-state index in [0.29, 0.717) is 22.0 Å². The zero-order chi connectivity index (χ0) is 16.6. The lowest BCUT2D eigenvalue weighted by Crippen LogP contribution is -2.24. The van der Waals surface area contributed by atoms with Crippen LogP contribution >= 0.6 is 23.2 Å². The molecule has 0 saturated heterocycles. The first-order chi connectivity index (χ1) is 11.0. The summed E-state index contributed by atoms with van der Waals surface area (Å²) >= 11 is 12.6. The van der Waals surface area contributed by atoms with Gasteiger partial charge in [0.05, 0.1) is 11.8 Å². The molecule has 0 aromatic heterocycles. The molecular formula is C17H14Cl2N2O2. The van der Waals surface area contributed by atoms with Gasteiger partial charge in [0.15, 0.2) is 0 Å². The van der Waals surface area contributed by atoms with Crippen molar-refractivity contribution in [2.24, 2.45) is 5.10 Å². The van der Waals surface area contributed by atoms with Gasteiger partial charge < -0.3 is 5.11 Å². The molecule has 0 fully saturated rings. The lowest BCUT2D eigenvalue weighted by Gasteiger charge is -2.22. The van der Waals surface area contributed by atoms with Gasteiger partial charge in [0, 0.05) is 29.0 Å². The summed E-state index contributed by atoms with van der Waals surface area (Å²) in [5.41, 5.74) is 2.30. The highest BCUT2D eigenvalue weighted by atomic mass is 35.5. The van der Waals surface area contributed by atoms with Crippen molar-refractivity contribution in [2.75, 3.05) is 0 Å². The van der Waals surface area contributed by atoms with Crippen LogP contribution in [0.15, 0.2) is 47.6 Å². The number of hydrogen-bond acceptors (Lipinski definition) is 3. The van der Waals surface area contributed by atoms with E-state index < -0.39 is 0 Å². The lowest BCUT2D eigenvalue weighted by molar-refractivity contribution is -0.130. The highest BCUT2D eigenvalue weighted by molar-refractivity contribution is 6.36. The number of halogens is 2. The Labute approximate surface area is 143 Å². The molecule has 118 valence electrons. The van der Waals surface area contributed by atoms with Gasteiger partial charge in [0.25, 0.3) is 0 Å². The number of amides is 1. The van der Waals surface area contributed by atoms with Crippen LogP contribution in [-0.4, -0.2) is 21.7 Å². The number of phenolic OH excluding ortho intramolecular Hbond substituents is 1. The Morgan fingerprint density at radius 1 is 1.17 bits per heavy atom. The van der Waals surface area contributed by atoms with E-state index in [0.717, 1.165) is 11.3 Å². The Morgan fingerprint density at radius 3 is 2.35 bits per heavy atom. The SMILES string of the molecule is CC(=O)N1N=C(c2ccc(O)cc2)CC1c1c(Cl)cccc1Cl. The maximum absolute atomic E-state index is 12.0. The van der Waals surface area contributed by atoms with E-state index in [9.17, 15) is 9.90 Å². The molecule has 23 heavy (non-hydrogen) atoms. The first-order valence-electron chi connectivity index (χ1n) is 7.08. The summed E-state index contributed by atoms with van der Waals surface area (Å²) in [6.07, 6.45) is 0.508. The van der Waals surface area contributed by atoms with E-state index in [-0.39, 0.29) is 17.7 Å². The minimum Gasteiger partial charge on any atom is -0.508 e. The number of hydrazone groups is 1. The van der Waals surface area contributed by atoms with Crippen LogP contribution in [0.2, 0.25) is 10.0 Å². The maximum atomic E-state index is 12.0. The predicted molar refractivity (Wildman–Crippen MR) is 91.0 cm³/mol. The van der Waals surface area contributed by atoms with Gasteiger partial charge >= 0.3 is 0 Å². The highest BCUT2D eigenvalue weighted by Crippen LogP contribution is 2.40. The molecular weight excluding hydrogens is 335 g/mol. The number of phenols is 1. The van der Waals surface area contributed by atoms with E-state index in [2.05, 4.69) is 5.10 Å². The van der Waals surface area contributed by atoms with Crippen LogP contribution in [-0.2, 0) is 4.79 Å². The summed E-state index contributed by atoms with van der Waals surface area (Å²) in [5, 5.41) is 16.3. The Balaban J connectivity index is 2.01. The molecule has 1 amide bonds. The maximum Gasteiger partial charge on any atom is 0.240 e. The van der Waals surface area contributed by atoms with Crippen LogP contribution in [0.25, 0.3) is 0 Å². The van der Waals surface area contributed by atoms with Crippen molar-refractivity contribution in [1.82, 2.24) is 5.01 Å². The van der Waals surface area contributed by atoms with Crippen molar-refractivity contribution < 1.29 is 9.90 Å². The summed E-state index contributed by atoms with van der Waals surface area (Å²) in [4.78, 5) is 12.0. The highest BCUT2D eigenvalue weighted by Gasteiger charge is 2.33. The molecule has 0 radical (unpaired) electrons. The number of rotatable bonds is 2. The summed E-state index contributed by atoms with van der Waals surface area (Å²) in [6.45, 7) is 1.46. The molecule has 4 nitrogen and oxygen atoms in total. The molecule has 6 heteroatoms. The van der Waals surface area contributed by atoms with E-state index >= 15 is 0 Å². The van der Waals surface area contributed by atoms with Gasteiger partial charge in [-0.25, -0.2) is 5.01 Å². The largest absolute Gasteiger partial charge is 0.508 e. The van der Waals surface area contributed by atoms with Crippen LogP contribution in [0.5, 0.6) is 5.75 Å². The zero-order valence-electron chi connectivity index (χ0n) is 12.3. The molecule has 0 bridgehead atoms. The van der Waals surface area contributed by atoms with Crippen molar-refractivity contribution in [3.05, 3.63) is 63.6 Å². The fourth-order valence-electron chi connectivity index (χ4n) is 2.68. The average molecular weight is 349 g/mol. The smallest absolute Gasteiger partial charge is 0.240 e. The van der Waals surface area contributed by atoms with Crippen LogP contribution in [0.4, 0.5) is 0 Å². The molecule has 0 spiro atoms. The standard InChI is InChI=1S/C17H14Cl2N2O2/c1-10(22)21-16(17-13(18)3-2-4-14(17)19)9-15(20-21)11-5-7-12(23)8-6-11/h2-8,16,23H,9H2,1H3. The lowest BCUT2D eigenvalue weighted by atomic mass is 9.98. The number of aromatic hydroxyl groups is 1. The Bertz CT molecular complexity index is 767. The van der Waals surface area contributed by atoms with Gasteiger partial charge in [-0.2, -0.15) is 5.10 Å². The number of hydrogen-bond donors (Lipinski definition) is 1. The first-order valence-corrected chi connectivity index (χ1v) is 7.83. The van der Waals surface area contributed by atoms with Crippen molar-refractivity contribution in [2.45, 2.75) is 19.4 Å². The third-order valence-electron chi connectivity index (χ3n) is 3.77. The monoisotopic (exact) mass is 348 g/mol. The predicted octanol–water partition coefficient (Wildman–Crippen LogP) is 4.40. The van der Waals surface area contributed by atoms with Gasteiger partial charge in [0.2, 0.25) is 5.91 Å². The molecule has 1 atom stereocenters. The van der Waals surface area contributed by atoms with Gasteiger partial charge in [-0.1, -0.05) is 29.3 Å². The molecule has 1 heterocycles. The Morgan fingerprint density at radius 2 is 1.78 bits per heavy atom. The Hall–Kier alpha value is -2.04. The molecule has 1 N–H and O–H groups in total. The normalized spacial score (nSPS) is 17.3. The average Bonchev–Trinajstić information content (AvgIpc) is 2.93. The second kappa shape index (κ2) is 6.22. The van der Waals surface area contributed by atoms with Gasteiger partial charge in [-0.15, -0.1) is 0 Å². The third kappa shape index (κ3) is 3.05. The summed E-state index contributed by atoms with van der Waals surface area (Å²) in [5.74, 6) is 0.00114. The van der Waals surface area contributed by atoms with E-state index in [1.54, 1.807) is 42.5 Å². The zero-order valence-corrected chi connectivity index (χ0v) is 13.8. The van der Waals surface area contributed by atoms with Crippen molar-refractivity contribution >= 4 is 34.8 Å². The van der Waals surface area contributed by atoms with Crippen LogP contribution in [0.3, 0.4) is 0 Å². The van der Waals surface area contributed by atoms with Crippen molar-refractivity contribution in [3.63, 3.8) is 0 Å². The molecule has 1 aliphatic rings. The van der Waals surface area contributed by atoms with E-state index in [1.807, 2.05) is 0 Å². The number of benzene rings is 2. The van der Waals surface area contributed by atoms with Gasteiger partial charge in [-0.05, 0) is 42.0 Å². The molecule has 1 unspecified atom stereocenters. The number of carbonyl (C=O) groups excluding carboxylic acids is 1.